The zero-order valence-electron chi connectivity index (χ0n) is 12.2. The van der Waals surface area contributed by atoms with Crippen LogP contribution in [-0.4, -0.2) is 21.3 Å². The van der Waals surface area contributed by atoms with Gasteiger partial charge in [-0.3, -0.25) is 9.67 Å². The van der Waals surface area contributed by atoms with Gasteiger partial charge in [-0.1, -0.05) is 13.8 Å². The highest BCUT2D eigenvalue weighted by Crippen LogP contribution is 2.26. The van der Waals surface area contributed by atoms with Crippen molar-refractivity contribution in [3.63, 3.8) is 0 Å². The molecule has 2 rings (SSSR count). The van der Waals surface area contributed by atoms with E-state index in [1.54, 1.807) is 16.9 Å². The Hall–Kier alpha value is -1.75. The van der Waals surface area contributed by atoms with Gasteiger partial charge in [0.05, 0.1) is 17.9 Å². The van der Waals surface area contributed by atoms with Crippen molar-refractivity contribution >= 4 is 0 Å². The van der Waals surface area contributed by atoms with Crippen LogP contribution in [0.15, 0.2) is 24.7 Å². The van der Waals surface area contributed by atoms with E-state index in [0.29, 0.717) is 5.56 Å². The molecule has 2 aromatic heterocycles. The molecular weight excluding hydrogens is 255 g/mol. The fourth-order valence-corrected chi connectivity index (χ4v) is 2.36. The quantitative estimate of drug-likeness (QED) is 0.882. The molecule has 0 saturated carbocycles. The third-order valence-corrected chi connectivity index (χ3v) is 3.30. The number of aryl methyl sites for hydroxylation is 2. The van der Waals surface area contributed by atoms with Crippen LogP contribution in [0, 0.1) is 5.82 Å². The summed E-state index contributed by atoms with van der Waals surface area (Å²) in [7, 11) is 1.89. The van der Waals surface area contributed by atoms with Crippen molar-refractivity contribution in [1.29, 1.82) is 0 Å². The van der Waals surface area contributed by atoms with Gasteiger partial charge in [0.2, 0.25) is 0 Å². The number of aromatic nitrogens is 3. The van der Waals surface area contributed by atoms with E-state index in [1.807, 2.05) is 13.2 Å². The van der Waals surface area contributed by atoms with Gasteiger partial charge in [-0.25, -0.2) is 4.39 Å². The molecule has 20 heavy (non-hydrogen) atoms. The van der Waals surface area contributed by atoms with Crippen LogP contribution in [0.25, 0.3) is 0 Å². The highest BCUT2D eigenvalue weighted by Gasteiger charge is 2.21. The van der Waals surface area contributed by atoms with Gasteiger partial charge in [-0.15, -0.1) is 0 Å². The van der Waals surface area contributed by atoms with E-state index >= 15 is 0 Å². The summed E-state index contributed by atoms with van der Waals surface area (Å²) >= 11 is 0. The first-order valence-corrected chi connectivity index (χ1v) is 7.02. The number of pyridine rings is 1. The Labute approximate surface area is 119 Å². The molecule has 1 atom stereocenters. The average Bonchev–Trinajstić information content (AvgIpc) is 2.82. The van der Waals surface area contributed by atoms with Crippen LogP contribution in [0.1, 0.15) is 43.1 Å². The van der Waals surface area contributed by atoms with Crippen molar-refractivity contribution in [2.45, 2.75) is 32.7 Å². The minimum atomic E-state index is -0.285. The second kappa shape index (κ2) is 6.61. The lowest BCUT2D eigenvalue weighted by Gasteiger charge is -2.19. The molecule has 0 aromatic carbocycles. The summed E-state index contributed by atoms with van der Waals surface area (Å²) in [5, 5.41) is 7.86. The maximum atomic E-state index is 14.1. The minimum Gasteiger partial charge on any atom is -0.306 e. The Bertz CT molecular complexity index is 565. The smallest absolute Gasteiger partial charge is 0.146 e. The van der Waals surface area contributed by atoms with Gasteiger partial charge in [0, 0.05) is 30.6 Å². The van der Waals surface area contributed by atoms with Crippen LogP contribution in [0.2, 0.25) is 0 Å². The Morgan fingerprint density at radius 2 is 2.15 bits per heavy atom. The van der Waals surface area contributed by atoms with E-state index in [4.69, 9.17) is 0 Å². The van der Waals surface area contributed by atoms with E-state index < -0.39 is 0 Å². The fourth-order valence-electron chi connectivity index (χ4n) is 2.36. The van der Waals surface area contributed by atoms with Crippen molar-refractivity contribution in [2.75, 3.05) is 6.54 Å². The predicted molar refractivity (Wildman–Crippen MR) is 76.9 cm³/mol. The normalized spacial score (nSPS) is 12.6. The summed E-state index contributed by atoms with van der Waals surface area (Å²) in [4.78, 5) is 3.83. The molecule has 1 unspecified atom stereocenters. The monoisotopic (exact) mass is 276 g/mol. The van der Waals surface area contributed by atoms with Crippen LogP contribution >= 0.6 is 0 Å². The Morgan fingerprint density at radius 1 is 1.35 bits per heavy atom. The largest absolute Gasteiger partial charge is 0.306 e. The summed E-state index contributed by atoms with van der Waals surface area (Å²) in [5.41, 5.74) is 2.65. The highest BCUT2D eigenvalue weighted by molar-refractivity contribution is 5.33. The number of rotatable bonds is 6. The van der Waals surface area contributed by atoms with Crippen molar-refractivity contribution in [3.8, 4) is 0 Å². The van der Waals surface area contributed by atoms with Crippen LogP contribution in [-0.2, 0) is 13.5 Å². The molecule has 0 aliphatic heterocycles. The molecule has 0 aliphatic rings. The summed E-state index contributed by atoms with van der Waals surface area (Å²) in [5.74, 6) is -0.285. The third-order valence-electron chi connectivity index (χ3n) is 3.30. The average molecular weight is 276 g/mol. The molecule has 0 bridgehead atoms. The first kappa shape index (κ1) is 14.7. The number of hydrogen-bond acceptors (Lipinski definition) is 3. The van der Waals surface area contributed by atoms with E-state index in [0.717, 1.165) is 30.6 Å². The minimum absolute atomic E-state index is 0.179. The van der Waals surface area contributed by atoms with Crippen molar-refractivity contribution in [3.05, 3.63) is 47.3 Å². The van der Waals surface area contributed by atoms with Crippen LogP contribution in [0.4, 0.5) is 4.39 Å². The van der Waals surface area contributed by atoms with Gasteiger partial charge in [-0.05, 0) is 25.5 Å². The molecule has 0 spiro atoms. The molecule has 0 radical (unpaired) electrons. The van der Waals surface area contributed by atoms with Gasteiger partial charge in [0.1, 0.15) is 5.82 Å². The molecule has 1 N–H and O–H groups in total. The third kappa shape index (κ3) is 3.04. The van der Waals surface area contributed by atoms with Gasteiger partial charge >= 0.3 is 0 Å². The Morgan fingerprint density at radius 3 is 2.80 bits per heavy atom. The maximum Gasteiger partial charge on any atom is 0.146 e. The van der Waals surface area contributed by atoms with Crippen LogP contribution in [0.5, 0.6) is 0 Å². The molecule has 0 aliphatic carbocycles. The maximum absolute atomic E-state index is 14.1. The molecule has 2 heterocycles. The van der Waals surface area contributed by atoms with Gasteiger partial charge in [-0.2, -0.15) is 5.10 Å². The fraction of sp³-hybridized carbons (Fsp3) is 0.467. The first-order chi connectivity index (χ1) is 9.67. The molecule has 0 saturated heterocycles. The molecule has 4 nitrogen and oxygen atoms in total. The second-order valence-electron chi connectivity index (χ2n) is 4.84. The first-order valence-electron chi connectivity index (χ1n) is 7.02. The summed E-state index contributed by atoms with van der Waals surface area (Å²) in [6.07, 6.45) is 6.67. The van der Waals surface area contributed by atoms with E-state index in [-0.39, 0.29) is 11.9 Å². The van der Waals surface area contributed by atoms with Crippen molar-refractivity contribution < 1.29 is 4.39 Å². The molecule has 2 aromatic rings. The topological polar surface area (TPSA) is 42.7 Å². The van der Waals surface area contributed by atoms with Gasteiger partial charge in [0.15, 0.2) is 0 Å². The Balaban J connectivity index is 2.44. The summed E-state index contributed by atoms with van der Waals surface area (Å²) < 4.78 is 15.9. The van der Waals surface area contributed by atoms with Gasteiger partial charge in [0.25, 0.3) is 0 Å². The van der Waals surface area contributed by atoms with E-state index in [9.17, 15) is 4.39 Å². The van der Waals surface area contributed by atoms with Crippen molar-refractivity contribution in [1.82, 2.24) is 20.1 Å². The van der Waals surface area contributed by atoms with Crippen LogP contribution in [0.3, 0.4) is 0 Å². The summed E-state index contributed by atoms with van der Waals surface area (Å²) in [6, 6.07) is 1.55. The van der Waals surface area contributed by atoms with Crippen LogP contribution < -0.4 is 5.32 Å². The molecule has 0 amide bonds. The molecule has 5 heteroatoms. The highest BCUT2D eigenvalue weighted by atomic mass is 19.1. The second-order valence-corrected chi connectivity index (χ2v) is 4.84. The lowest BCUT2D eigenvalue weighted by molar-refractivity contribution is 0.541. The number of halogens is 1. The molecule has 0 fully saturated rings. The lowest BCUT2D eigenvalue weighted by atomic mass is 9.98. The lowest BCUT2D eigenvalue weighted by Crippen LogP contribution is -2.24. The van der Waals surface area contributed by atoms with E-state index in [2.05, 4.69) is 29.2 Å². The number of nitrogens with zero attached hydrogens (tertiary/aromatic N) is 3. The molecular formula is C15H21FN4. The zero-order chi connectivity index (χ0) is 14.5. The van der Waals surface area contributed by atoms with Crippen molar-refractivity contribution in [2.24, 2.45) is 7.05 Å². The molecule has 108 valence electrons. The summed E-state index contributed by atoms with van der Waals surface area (Å²) in [6.45, 7) is 4.98. The van der Waals surface area contributed by atoms with E-state index in [1.165, 1.54) is 6.20 Å². The number of hydrogen-bond donors (Lipinski definition) is 1. The number of nitrogens with one attached hydrogen (secondary N) is 1. The SMILES string of the molecule is CCCNC(c1ccncc1F)c1cn(C)nc1CC. The standard InChI is InChI=1S/C15H21FN4/c1-4-7-18-15(11-6-8-17-9-13(11)16)12-10-20(3)19-14(12)5-2/h6,8-10,15,18H,4-5,7H2,1-3H3. The predicted octanol–water partition coefficient (Wildman–Crippen LogP) is 2.61. The Kier molecular flexibility index (Phi) is 4.84. The van der Waals surface area contributed by atoms with Gasteiger partial charge < -0.3 is 5.32 Å². The zero-order valence-corrected chi connectivity index (χ0v) is 12.2.